The molecule has 0 aromatic heterocycles. The van der Waals surface area contributed by atoms with E-state index in [1.165, 1.54) is 51.5 Å². The minimum Gasteiger partial charge on any atom is -0.495 e. The summed E-state index contributed by atoms with van der Waals surface area (Å²) in [5, 5.41) is 2.62. The highest BCUT2D eigenvalue weighted by atomic mass is 32.2. The largest absolute Gasteiger partial charge is 0.495 e. The highest BCUT2D eigenvalue weighted by Gasteiger charge is 2.24. The Hall–Kier alpha value is -2.43. The van der Waals surface area contributed by atoms with Gasteiger partial charge in [0.05, 0.1) is 17.8 Å². The number of benzene rings is 2. The van der Waals surface area contributed by atoms with E-state index in [1.807, 2.05) is 0 Å². The van der Waals surface area contributed by atoms with Crippen molar-refractivity contribution in [3.05, 3.63) is 54.1 Å². The van der Waals surface area contributed by atoms with Gasteiger partial charge in [0, 0.05) is 26.2 Å². The molecule has 2 aromatic carbocycles. The summed E-state index contributed by atoms with van der Waals surface area (Å²) in [5.41, 5.74) is 0.136. The number of nitrogens with one attached hydrogen (secondary N) is 1. The van der Waals surface area contributed by atoms with Crippen molar-refractivity contribution in [1.29, 1.82) is 0 Å². The molecule has 0 radical (unpaired) electrons. The molecule has 0 aliphatic rings. The van der Waals surface area contributed by atoms with Crippen LogP contribution in [0.1, 0.15) is 16.8 Å². The number of hydrogen-bond acceptors (Lipinski definition) is 6. The molecule has 8 nitrogen and oxygen atoms in total. The average molecular weight is 441 g/mol. The van der Waals surface area contributed by atoms with Gasteiger partial charge in [-0.3, -0.25) is 4.79 Å². The van der Waals surface area contributed by atoms with E-state index in [1.54, 1.807) is 18.2 Å². The van der Waals surface area contributed by atoms with Gasteiger partial charge in [0.15, 0.2) is 9.84 Å². The monoisotopic (exact) mass is 440 g/mol. The van der Waals surface area contributed by atoms with E-state index >= 15 is 0 Å². The number of carbonyl (C=O) groups is 1. The molecule has 0 aliphatic heterocycles. The van der Waals surface area contributed by atoms with Crippen molar-refractivity contribution in [3.63, 3.8) is 0 Å². The molecular formula is C19H24N2O6S2. The Bertz CT molecular complexity index is 1070. The Kier molecular flexibility index (Phi) is 7.39. The van der Waals surface area contributed by atoms with Gasteiger partial charge < -0.3 is 10.1 Å². The van der Waals surface area contributed by atoms with Gasteiger partial charge in [-0.2, -0.15) is 0 Å². The third-order valence-corrected chi connectivity index (χ3v) is 7.81. The fraction of sp³-hybridized carbons (Fsp3) is 0.316. The van der Waals surface area contributed by atoms with Crippen molar-refractivity contribution in [2.24, 2.45) is 0 Å². The van der Waals surface area contributed by atoms with Crippen LogP contribution in [0, 0.1) is 0 Å². The number of sulfone groups is 1. The van der Waals surface area contributed by atoms with E-state index in [-0.39, 0.29) is 39.8 Å². The van der Waals surface area contributed by atoms with Gasteiger partial charge in [0.25, 0.3) is 5.91 Å². The first-order valence-corrected chi connectivity index (χ1v) is 11.9. The van der Waals surface area contributed by atoms with Crippen LogP contribution in [0.15, 0.2) is 58.3 Å². The first-order chi connectivity index (χ1) is 13.6. The zero-order valence-electron chi connectivity index (χ0n) is 16.5. The maximum absolute atomic E-state index is 12.4. The van der Waals surface area contributed by atoms with Gasteiger partial charge in [0.2, 0.25) is 10.0 Å². The Balaban J connectivity index is 2.05. The summed E-state index contributed by atoms with van der Waals surface area (Å²) < 4.78 is 55.5. The minimum absolute atomic E-state index is 0.111. The van der Waals surface area contributed by atoms with Crippen molar-refractivity contribution in [1.82, 2.24) is 9.62 Å². The Morgan fingerprint density at radius 1 is 1.03 bits per heavy atom. The molecule has 1 amide bonds. The lowest BCUT2D eigenvalue weighted by atomic mass is 10.2. The zero-order chi connectivity index (χ0) is 21.7. The molecule has 29 heavy (non-hydrogen) atoms. The van der Waals surface area contributed by atoms with Gasteiger partial charge in [-0.1, -0.05) is 18.2 Å². The minimum atomic E-state index is -3.80. The first-order valence-electron chi connectivity index (χ1n) is 8.76. The normalized spacial score (nSPS) is 12.0. The number of amides is 1. The van der Waals surface area contributed by atoms with Gasteiger partial charge in [-0.25, -0.2) is 21.1 Å². The molecular weight excluding hydrogens is 416 g/mol. The Labute approximate surface area is 171 Å². The SMILES string of the molecule is COc1ccc(C(=O)NCCCS(=O)(=O)c2ccccc2)cc1S(=O)(=O)N(C)C. The molecule has 0 saturated carbocycles. The van der Waals surface area contributed by atoms with Crippen LogP contribution in [0.2, 0.25) is 0 Å². The average Bonchev–Trinajstić information content (AvgIpc) is 2.71. The molecule has 0 aliphatic carbocycles. The molecule has 0 spiro atoms. The lowest BCUT2D eigenvalue weighted by Crippen LogP contribution is -2.27. The summed E-state index contributed by atoms with van der Waals surface area (Å²) >= 11 is 0. The van der Waals surface area contributed by atoms with E-state index in [9.17, 15) is 21.6 Å². The quantitative estimate of drug-likeness (QED) is 0.593. The third-order valence-electron chi connectivity index (χ3n) is 4.16. The predicted octanol–water partition coefficient (Wildman–Crippen LogP) is 1.54. The molecule has 1 N–H and O–H groups in total. The van der Waals surface area contributed by atoms with E-state index < -0.39 is 25.8 Å². The van der Waals surface area contributed by atoms with Gasteiger partial charge >= 0.3 is 0 Å². The Morgan fingerprint density at radius 3 is 2.28 bits per heavy atom. The number of hydrogen-bond donors (Lipinski definition) is 1. The van der Waals surface area contributed by atoms with Crippen molar-refractivity contribution >= 4 is 25.8 Å². The third kappa shape index (κ3) is 5.55. The number of rotatable bonds is 9. The molecule has 0 fully saturated rings. The first kappa shape index (κ1) is 22.9. The number of nitrogens with zero attached hydrogens (tertiary/aromatic N) is 1. The molecule has 2 rings (SSSR count). The van der Waals surface area contributed by atoms with Crippen LogP contribution in [-0.4, -0.2) is 60.6 Å². The summed E-state index contributed by atoms with van der Waals surface area (Å²) in [6.45, 7) is 0.132. The molecule has 0 atom stereocenters. The fourth-order valence-corrected chi connectivity index (χ4v) is 4.93. The zero-order valence-corrected chi connectivity index (χ0v) is 18.1. The van der Waals surface area contributed by atoms with Crippen LogP contribution in [0.3, 0.4) is 0 Å². The fourth-order valence-electron chi connectivity index (χ4n) is 2.53. The molecule has 0 unspecified atom stereocenters. The second kappa shape index (κ2) is 9.38. The topological polar surface area (TPSA) is 110 Å². The number of carbonyl (C=O) groups excluding carboxylic acids is 1. The molecule has 158 valence electrons. The smallest absolute Gasteiger partial charge is 0.251 e. The van der Waals surface area contributed by atoms with Crippen LogP contribution in [0.25, 0.3) is 0 Å². The number of methoxy groups -OCH3 is 1. The van der Waals surface area contributed by atoms with Crippen LogP contribution in [0.5, 0.6) is 5.75 Å². The van der Waals surface area contributed by atoms with E-state index in [0.29, 0.717) is 0 Å². The molecule has 0 bridgehead atoms. The standard InChI is InChI=1S/C19H24N2O6S2/c1-21(2)29(25,26)18-14-15(10-11-17(18)27-3)19(22)20-12-7-13-28(23,24)16-8-5-4-6-9-16/h4-6,8-11,14H,7,12-13H2,1-3H3,(H,20,22). The van der Waals surface area contributed by atoms with Gasteiger partial charge in [-0.05, 0) is 36.8 Å². The van der Waals surface area contributed by atoms with Crippen molar-refractivity contribution < 1.29 is 26.4 Å². The van der Waals surface area contributed by atoms with Crippen molar-refractivity contribution in [2.75, 3.05) is 33.5 Å². The summed E-state index contributed by atoms with van der Waals surface area (Å²) in [5.74, 6) is -0.482. The second-order valence-electron chi connectivity index (χ2n) is 6.39. The van der Waals surface area contributed by atoms with E-state index in [2.05, 4.69) is 5.32 Å². The predicted molar refractivity (Wildman–Crippen MR) is 109 cm³/mol. The molecule has 0 heterocycles. The van der Waals surface area contributed by atoms with Crippen LogP contribution >= 0.6 is 0 Å². The molecule has 10 heteroatoms. The number of sulfonamides is 1. The van der Waals surface area contributed by atoms with Crippen molar-refractivity contribution in [3.8, 4) is 5.75 Å². The summed E-state index contributed by atoms with van der Waals surface area (Å²) in [6, 6.07) is 12.2. The van der Waals surface area contributed by atoms with E-state index in [0.717, 1.165) is 4.31 Å². The summed E-state index contributed by atoms with van der Waals surface area (Å²) in [6.07, 6.45) is 0.224. The van der Waals surface area contributed by atoms with Crippen LogP contribution in [0.4, 0.5) is 0 Å². The highest BCUT2D eigenvalue weighted by molar-refractivity contribution is 7.91. The van der Waals surface area contributed by atoms with Gasteiger partial charge in [-0.15, -0.1) is 0 Å². The lowest BCUT2D eigenvalue weighted by Gasteiger charge is -2.15. The number of ether oxygens (including phenoxy) is 1. The summed E-state index contributed by atoms with van der Waals surface area (Å²) in [7, 11) is -3.11. The molecule has 0 saturated heterocycles. The highest BCUT2D eigenvalue weighted by Crippen LogP contribution is 2.26. The van der Waals surface area contributed by atoms with Crippen LogP contribution < -0.4 is 10.1 Å². The maximum Gasteiger partial charge on any atom is 0.251 e. The van der Waals surface area contributed by atoms with Crippen molar-refractivity contribution in [2.45, 2.75) is 16.2 Å². The maximum atomic E-state index is 12.4. The Morgan fingerprint density at radius 2 is 1.69 bits per heavy atom. The van der Waals surface area contributed by atoms with Crippen LogP contribution in [-0.2, 0) is 19.9 Å². The molecule has 2 aromatic rings. The van der Waals surface area contributed by atoms with Gasteiger partial charge in [0.1, 0.15) is 10.6 Å². The van der Waals surface area contributed by atoms with E-state index in [4.69, 9.17) is 4.74 Å². The second-order valence-corrected chi connectivity index (χ2v) is 10.6. The lowest BCUT2D eigenvalue weighted by molar-refractivity contribution is 0.0953. The summed E-state index contributed by atoms with van der Waals surface area (Å²) in [4.78, 5) is 12.5.